The van der Waals surface area contributed by atoms with E-state index in [2.05, 4.69) is 27.9 Å². The van der Waals surface area contributed by atoms with Gasteiger partial charge in [-0.15, -0.1) is 24.0 Å². The number of carbonyl (C=O) groups is 1. The quantitative estimate of drug-likeness (QED) is 0.303. The van der Waals surface area contributed by atoms with Crippen molar-refractivity contribution >= 4 is 36.0 Å². The number of nitrogens with zero attached hydrogens (tertiary/aromatic N) is 1. The molecule has 25 heavy (non-hydrogen) atoms. The van der Waals surface area contributed by atoms with Gasteiger partial charge in [-0.1, -0.05) is 13.3 Å². The summed E-state index contributed by atoms with van der Waals surface area (Å²) < 4.78 is 10.9. The molecule has 3 N–H and O–H groups in total. The Balaban J connectivity index is 0.00000576. The number of ether oxygens (including phenoxy) is 2. The van der Waals surface area contributed by atoms with Gasteiger partial charge < -0.3 is 25.4 Å². The Hall–Kier alpha value is -0.770. The predicted octanol–water partition coefficient (Wildman–Crippen LogP) is 2.64. The minimum absolute atomic E-state index is 0. The van der Waals surface area contributed by atoms with Gasteiger partial charge in [0, 0.05) is 32.8 Å². The fraction of sp³-hybridized carbons (Fsp3) is 0.882. The first-order valence-electron chi connectivity index (χ1n) is 8.89. The maximum absolute atomic E-state index is 11.9. The Morgan fingerprint density at radius 2 is 2.08 bits per heavy atom. The summed E-state index contributed by atoms with van der Waals surface area (Å²) in [7, 11) is 1.74. The summed E-state index contributed by atoms with van der Waals surface area (Å²) in [4.78, 5) is 16.1. The number of guanidine groups is 1. The topological polar surface area (TPSA) is 84.0 Å². The van der Waals surface area contributed by atoms with Crippen LogP contribution in [0.4, 0.5) is 4.79 Å². The van der Waals surface area contributed by atoms with Gasteiger partial charge in [0.05, 0.1) is 6.10 Å². The highest BCUT2D eigenvalue weighted by Crippen LogP contribution is 2.10. The molecule has 0 bridgehead atoms. The van der Waals surface area contributed by atoms with Gasteiger partial charge >= 0.3 is 6.09 Å². The largest absolute Gasteiger partial charge is 0.444 e. The van der Waals surface area contributed by atoms with Crippen molar-refractivity contribution in [1.82, 2.24) is 16.0 Å². The van der Waals surface area contributed by atoms with Crippen LogP contribution in [0.2, 0.25) is 0 Å². The minimum Gasteiger partial charge on any atom is -0.444 e. The molecule has 1 fully saturated rings. The summed E-state index contributed by atoms with van der Waals surface area (Å²) in [6.45, 7) is 9.85. The minimum atomic E-state index is -0.493. The third-order valence-electron chi connectivity index (χ3n) is 3.62. The van der Waals surface area contributed by atoms with Crippen molar-refractivity contribution in [3.63, 3.8) is 0 Å². The second kappa shape index (κ2) is 12.6. The lowest BCUT2D eigenvalue weighted by Gasteiger charge is -2.24. The molecule has 0 aliphatic carbocycles. The number of carbonyl (C=O) groups excluding carboxylic acids is 1. The molecule has 1 aliphatic rings. The van der Waals surface area contributed by atoms with Crippen molar-refractivity contribution in [3.05, 3.63) is 0 Å². The molecule has 0 aromatic rings. The van der Waals surface area contributed by atoms with Crippen LogP contribution in [0.5, 0.6) is 0 Å². The number of hydrogen-bond donors (Lipinski definition) is 3. The highest BCUT2D eigenvalue weighted by molar-refractivity contribution is 14.0. The molecule has 2 unspecified atom stereocenters. The van der Waals surface area contributed by atoms with Crippen LogP contribution < -0.4 is 16.0 Å². The van der Waals surface area contributed by atoms with Crippen LogP contribution in [-0.2, 0) is 9.47 Å². The Morgan fingerprint density at radius 3 is 2.60 bits per heavy atom. The maximum Gasteiger partial charge on any atom is 0.407 e. The van der Waals surface area contributed by atoms with Crippen LogP contribution in [0.1, 0.15) is 53.4 Å². The van der Waals surface area contributed by atoms with E-state index in [1.165, 1.54) is 0 Å². The fourth-order valence-electron chi connectivity index (χ4n) is 2.50. The van der Waals surface area contributed by atoms with Crippen molar-refractivity contribution in [3.8, 4) is 0 Å². The molecule has 1 amide bonds. The zero-order valence-corrected chi connectivity index (χ0v) is 18.5. The molecular formula is C17H35IN4O3. The van der Waals surface area contributed by atoms with E-state index < -0.39 is 5.60 Å². The molecule has 0 radical (unpaired) electrons. The van der Waals surface area contributed by atoms with Gasteiger partial charge in [0.1, 0.15) is 5.60 Å². The molecule has 0 aromatic heterocycles. The van der Waals surface area contributed by atoms with Crippen LogP contribution in [0.3, 0.4) is 0 Å². The van der Waals surface area contributed by atoms with Gasteiger partial charge in [-0.3, -0.25) is 4.99 Å². The molecule has 2 atom stereocenters. The van der Waals surface area contributed by atoms with E-state index in [0.29, 0.717) is 6.54 Å². The summed E-state index contributed by atoms with van der Waals surface area (Å²) in [5.74, 6) is 0.720. The lowest BCUT2D eigenvalue weighted by molar-refractivity contribution is 0.0502. The predicted molar refractivity (Wildman–Crippen MR) is 112 cm³/mol. The van der Waals surface area contributed by atoms with Gasteiger partial charge in [-0.25, -0.2) is 4.79 Å². The SMILES string of the molecule is CCCC(CNC(=NC)NCC1CCCO1)NC(=O)OC(C)(C)C.I. The zero-order valence-electron chi connectivity index (χ0n) is 16.2. The fourth-order valence-corrected chi connectivity index (χ4v) is 2.50. The van der Waals surface area contributed by atoms with Crippen molar-refractivity contribution < 1.29 is 14.3 Å². The Morgan fingerprint density at radius 1 is 1.36 bits per heavy atom. The van der Waals surface area contributed by atoms with E-state index in [0.717, 1.165) is 44.8 Å². The monoisotopic (exact) mass is 470 g/mol. The first-order chi connectivity index (χ1) is 11.3. The number of nitrogens with one attached hydrogen (secondary N) is 3. The van der Waals surface area contributed by atoms with Crippen LogP contribution in [-0.4, -0.2) is 56.5 Å². The van der Waals surface area contributed by atoms with Crippen molar-refractivity contribution in [2.24, 2.45) is 4.99 Å². The summed E-state index contributed by atoms with van der Waals surface area (Å²) >= 11 is 0. The van der Waals surface area contributed by atoms with E-state index in [9.17, 15) is 4.79 Å². The van der Waals surface area contributed by atoms with E-state index in [1.54, 1.807) is 7.05 Å². The molecule has 0 saturated carbocycles. The highest BCUT2D eigenvalue weighted by atomic mass is 127. The smallest absolute Gasteiger partial charge is 0.407 e. The summed E-state index contributed by atoms with van der Waals surface area (Å²) in [5, 5.41) is 9.45. The zero-order chi connectivity index (χ0) is 18.0. The number of amides is 1. The van der Waals surface area contributed by atoms with E-state index >= 15 is 0 Å². The van der Waals surface area contributed by atoms with Gasteiger partial charge in [-0.2, -0.15) is 0 Å². The van der Waals surface area contributed by atoms with Crippen molar-refractivity contribution in [2.75, 3.05) is 26.7 Å². The number of aliphatic imine (C=N–C) groups is 1. The summed E-state index contributed by atoms with van der Waals surface area (Å²) in [5.41, 5.74) is -0.493. The average molecular weight is 470 g/mol. The lowest BCUT2D eigenvalue weighted by Crippen LogP contribution is -2.49. The van der Waals surface area contributed by atoms with Crippen LogP contribution in [0, 0.1) is 0 Å². The molecule has 148 valence electrons. The highest BCUT2D eigenvalue weighted by Gasteiger charge is 2.20. The summed E-state index contributed by atoms with van der Waals surface area (Å²) in [6.07, 6.45) is 3.93. The first kappa shape index (κ1) is 24.2. The standard InChI is InChI=1S/C17H34N4O3.HI/c1-6-8-13(21-16(22)24-17(2,3)4)11-19-15(18-5)20-12-14-9-7-10-23-14;/h13-14H,6-12H2,1-5H3,(H,21,22)(H2,18,19,20);1H. The number of hydrogen-bond acceptors (Lipinski definition) is 4. The Kier molecular flexibility index (Phi) is 12.2. The first-order valence-corrected chi connectivity index (χ1v) is 8.89. The van der Waals surface area contributed by atoms with Crippen molar-refractivity contribution in [1.29, 1.82) is 0 Å². The van der Waals surface area contributed by atoms with Crippen LogP contribution >= 0.6 is 24.0 Å². The second-order valence-corrected chi connectivity index (χ2v) is 7.10. The molecule has 1 saturated heterocycles. The third-order valence-corrected chi connectivity index (χ3v) is 3.62. The van der Waals surface area contributed by atoms with Crippen molar-refractivity contribution in [2.45, 2.75) is 71.1 Å². The van der Waals surface area contributed by atoms with Gasteiger partial charge in [0.15, 0.2) is 5.96 Å². The average Bonchev–Trinajstić information content (AvgIpc) is 2.98. The molecule has 7 nitrogen and oxygen atoms in total. The third kappa shape index (κ3) is 11.5. The molecule has 0 spiro atoms. The van der Waals surface area contributed by atoms with Crippen LogP contribution in [0.15, 0.2) is 4.99 Å². The maximum atomic E-state index is 11.9. The molecule has 1 rings (SSSR count). The lowest BCUT2D eigenvalue weighted by atomic mass is 10.1. The van der Waals surface area contributed by atoms with E-state index in [4.69, 9.17) is 9.47 Å². The number of alkyl carbamates (subject to hydrolysis) is 1. The van der Waals surface area contributed by atoms with E-state index in [1.807, 2.05) is 20.8 Å². The van der Waals surface area contributed by atoms with Gasteiger partial charge in [0.25, 0.3) is 0 Å². The summed E-state index contributed by atoms with van der Waals surface area (Å²) in [6, 6.07) is -0.00821. The Labute approximate surface area is 169 Å². The molecule has 1 heterocycles. The molecular weight excluding hydrogens is 435 g/mol. The second-order valence-electron chi connectivity index (χ2n) is 7.10. The van der Waals surface area contributed by atoms with Gasteiger partial charge in [-0.05, 0) is 40.0 Å². The normalized spacial score (nSPS) is 18.9. The number of halogens is 1. The van der Waals surface area contributed by atoms with Crippen LogP contribution in [0.25, 0.3) is 0 Å². The number of rotatable bonds is 7. The van der Waals surface area contributed by atoms with E-state index in [-0.39, 0.29) is 42.2 Å². The molecule has 0 aromatic carbocycles. The molecule has 1 aliphatic heterocycles. The molecule has 8 heteroatoms. The van der Waals surface area contributed by atoms with Gasteiger partial charge in [0.2, 0.25) is 0 Å². The Bertz CT molecular complexity index is 407.